The van der Waals surface area contributed by atoms with E-state index < -0.39 is 0 Å². The highest BCUT2D eigenvalue weighted by molar-refractivity contribution is 5.82. The SMILES string of the molecule is C=C(/C=C\N=C(C)CCC)CC.CC.CC=O.CCCCCC. The molecule has 0 heterocycles. The molecule has 0 bridgehead atoms. The fourth-order valence-corrected chi connectivity index (χ4v) is 1.31. The van der Waals surface area contributed by atoms with Crippen molar-refractivity contribution in [1.29, 1.82) is 0 Å². The smallest absolute Gasteiger partial charge is 0.116 e. The molecule has 0 saturated carbocycles. The van der Waals surface area contributed by atoms with Gasteiger partial charge >= 0.3 is 0 Å². The maximum atomic E-state index is 8.81. The number of aldehydes is 1. The minimum absolute atomic E-state index is 0.750. The molecule has 0 unspecified atom stereocenters. The molecule has 2 heteroatoms. The van der Waals surface area contributed by atoms with Gasteiger partial charge in [0.05, 0.1) is 0 Å². The lowest BCUT2D eigenvalue weighted by atomic mass is 10.2. The molecule has 2 nitrogen and oxygen atoms in total. The number of hydrogen-bond donors (Lipinski definition) is 0. The second-order valence-corrected chi connectivity index (χ2v) is 4.88. The molecule has 0 spiro atoms. The molecule has 0 rings (SSSR count). The van der Waals surface area contributed by atoms with Gasteiger partial charge in [-0.2, -0.15) is 0 Å². The zero-order valence-corrected chi connectivity index (χ0v) is 17.2. The van der Waals surface area contributed by atoms with E-state index in [9.17, 15) is 0 Å². The minimum Gasteiger partial charge on any atom is -0.304 e. The van der Waals surface area contributed by atoms with Gasteiger partial charge in [0.1, 0.15) is 6.29 Å². The molecule has 138 valence electrons. The van der Waals surface area contributed by atoms with Crippen LogP contribution in [0.4, 0.5) is 0 Å². The van der Waals surface area contributed by atoms with E-state index in [2.05, 4.69) is 46.2 Å². The molecule has 0 saturated heterocycles. The lowest BCUT2D eigenvalue weighted by Gasteiger charge is -1.93. The van der Waals surface area contributed by atoms with Crippen molar-refractivity contribution >= 4 is 12.0 Å². The molecule has 0 aliphatic heterocycles. The molecule has 0 aliphatic carbocycles. The van der Waals surface area contributed by atoms with Gasteiger partial charge in [0, 0.05) is 11.9 Å². The third kappa shape index (κ3) is 44.9. The molecule has 0 amide bonds. The van der Waals surface area contributed by atoms with Crippen LogP contribution in [0.5, 0.6) is 0 Å². The van der Waals surface area contributed by atoms with Crippen LogP contribution in [-0.2, 0) is 4.79 Å². The van der Waals surface area contributed by atoms with Crippen molar-refractivity contribution in [1.82, 2.24) is 0 Å². The number of hydrogen-bond acceptors (Lipinski definition) is 2. The fraction of sp³-hybridized carbons (Fsp3) is 0.714. The summed E-state index contributed by atoms with van der Waals surface area (Å²) < 4.78 is 0. The largest absolute Gasteiger partial charge is 0.304 e. The highest BCUT2D eigenvalue weighted by atomic mass is 16.1. The molecule has 0 aromatic carbocycles. The van der Waals surface area contributed by atoms with Crippen molar-refractivity contribution in [3.8, 4) is 0 Å². The van der Waals surface area contributed by atoms with Gasteiger partial charge < -0.3 is 4.79 Å². The van der Waals surface area contributed by atoms with Gasteiger partial charge in [0.2, 0.25) is 0 Å². The molecular weight excluding hydrogens is 282 g/mol. The molecular formula is C21H43NO. The third-order valence-electron chi connectivity index (χ3n) is 2.63. The highest BCUT2D eigenvalue weighted by Crippen LogP contribution is 1.99. The predicted octanol–water partition coefficient (Wildman–Crippen LogP) is 7.55. The number of allylic oxidation sites excluding steroid dienone is 2. The van der Waals surface area contributed by atoms with Crippen LogP contribution >= 0.6 is 0 Å². The van der Waals surface area contributed by atoms with Crippen molar-refractivity contribution in [2.75, 3.05) is 0 Å². The monoisotopic (exact) mass is 325 g/mol. The average molecular weight is 326 g/mol. The summed E-state index contributed by atoms with van der Waals surface area (Å²) in [5.74, 6) is 0. The molecule has 0 N–H and O–H groups in total. The van der Waals surface area contributed by atoms with Gasteiger partial charge in [0.15, 0.2) is 0 Å². The molecule has 0 aromatic heterocycles. The standard InChI is InChI=1S/C11H19N.C6H14.C2H4O.C2H6/c1-5-7-11(4)12-9-8-10(3)6-2;1-3-5-6-4-2;1-2-3;1-2/h8-9H,3,5-7H2,1-2,4H3;3-6H2,1-2H3;2H,1H3;1-2H3/b9-8-,12-11?;;;. The van der Waals surface area contributed by atoms with Crippen LogP contribution in [0.3, 0.4) is 0 Å². The highest BCUT2D eigenvalue weighted by Gasteiger charge is 1.85. The second kappa shape index (κ2) is 32.7. The zero-order chi connectivity index (χ0) is 18.9. The number of carbonyl (C=O) groups excluding carboxylic acids is 1. The quantitative estimate of drug-likeness (QED) is 0.196. The first-order valence-corrected chi connectivity index (χ1v) is 9.31. The van der Waals surface area contributed by atoms with Crippen LogP contribution in [0.25, 0.3) is 0 Å². The fourth-order valence-electron chi connectivity index (χ4n) is 1.31. The van der Waals surface area contributed by atoms with E-state index >= 15 is 0 Å². The van der Waals surface area contributed by atoms with Gasteiger partial charge in [-0.25, -0.2) is 0 Å². The first-order valence-electron chi connectivity index (χ1n) is 9.31. The Morgan fingerprint density at radius 1 is 1.00 bits per heavy atom. The van der Waals surface area contributed by atoms with Crippen molar-refractivity contribution in [2.24, 2.45) is 4.99 Å². The first kappa shape index (κ1) is 29.8. The van der Waals surface area contributed by atoms with Crippen LogP contribution in [0.1, 0.15) is 100 Å². The lowest BCUT2D eigenvalue weighted by molar-refractivity contribution is -0.106. The summed E-state index contributed by atoms with van der Waals surface area (Å²) in [5.41, 5.74) is 2.32. The zero-order valence-electron chi connectivity index (χ0n) is 17.2. The van der Waals surface area contributed by atoms with Crippen LogP contribution in [-0.4, -0.2) is 12.0 Å². The predicted molar refractivity (Wildman–Crippen MR) is 109 cm³/mol. The molecule has 23 heavy (non-hydrogen) atoms. The normalized spacial score (nSPS) is 9.65. The Kier molecular flexibility index (Phi) is 42.3. The van der Waals surface area contributed by atoms with E-state index in [-0.39, 0.29) is 0 Å². The summed E-state index contributed by atoms with van der Waals surface area (Å²) in [6.45, 7) is 20.1. The first-order chi connectivity index (χ1) is 11.0. The van der Waals surface area contributed by atoms with Crippen LogP contribution in [0, 0.1) is 0 Å². The van der Waals surface area contributed by atoms with Crippen molar-refractivity contribution < 1.29 is 4.79 Å². The number of aliphatic imine (C=N–C) groups is 1. The van der Waals surface area contributed by atoms with Gasteiger partial charge in [-0.1, -0.05) is 85.8 Å². The Bertz CT molecular complexity index is 274. The Morgan fingerprint density at radius 2 is 1.43 bits per heavy atom. The van der Waals surface area contributed by atoms with Gasteiger partial charge in [0.25, 0.3) is 0 Å². The molecule has 0 radical (unpaired) electrons. The van der Waals surface area contributed by atoms with Crippen molar-refractivity contribution in [3.63, 3.8) is 0 Å². The van der Waals surface area contributed by atoms with E-state index in [4.69, 9.17) is 4.79 Å². The van der Waals surface area contributed by atoms with E-state index in [1.807, 2.05) is 26.1 Å². The number of unbranched alkanes of at least 4 members (excludes halogenated alkanes) is 3. The van der Waals surface area contributed by atoms with E-state index in [0.717, 1.165) is 31.1 Å². The average Bonchev–Trinajstić information content (AvgIpc) is 2.56. The number of rotatable bonds is 8. The van der Waals surface area contributed by atoms with E-state index in [1.165, 1.54) is 38.3 Å². The Morgan fingerprint density at radius 3 is 1.74 bits per heavy atom. The molecule has 0 fully saturated rings. The van der Waals surface area contributed by atoms with Crippen LogP contribution in [0.2, 0.25) is 0 Å². The van der Waals surface area contributed by atoms with Crippen molar-refractivity contribution in [2.45, 2.75) is 100 Å². The van der Waals surface area contributed by atoms with Crippen LogP contribution < -0.4 is 0 Å². The van der Waals surface area contributed by atoms with E-state index in [0.29, 0.717) is 0 Å². The summed E-state index contributed by atoms with van der Waals surface area (Å²) in [5, 5.41) is 0. The second-order valence-electron chi connectivity index (χ2n) is 4.88. The Balaban J connectivity index is -0.000000137. The van der Waals surface area contributed by atoms with Gasteiger partial charge in [-0.05, 0) is 32.8 Å². The molecule has 0 aliphatic rings. The minimum atomic E-state index is 0.750. The van der Waals surface area contributed by atoms with Gasteiger partial charge in [-0.15, -0.1) is 0 Å². The topological polar surface area (TPSA) is 29.4 Å². The third-order valence-corrected chi connectivity index (χ3v) is 2.63. The van der Waals surface area contributed by atoms with Crippen LogP contribution in [0.15, 0.2) is 29.4 Å². The van der Waals surface area contributed by atoms with Gasteiger partial charge in [-0.3, -0.25) is 4.99 Å². The van der Waals surface area contributed by atoms with E-state index in [1.54, 1.807) is 0 Å². The summed E-state index contributed by atoms with van der Waals surface area (Å²) in [6, 6.07) is 0. The number of carbonyl (C=O) groups is 1. The summed E-state index contributed by atoms with van der Waals surface area (Å²) >= 11 is 0. The molecule has 0 aromatic rings. The number of nitrogens with zero attached hydrogens (tertiary/aromatic N) is 1. The van der Waals surface area contributed by atoms with Crippen molar-refractivity contribution in [3.05, 3.63) is 24.4 Å². The summed E-state index contributed by atoms with van der Waals surface area (Å²) in [7, 11) is 0. The Labute approximate surface area is 147 Å². The maximum Gasteiger partial charge on any atom is 0.116 e. The summed E-state index contributed by atoms with van der Waals surface area (Å²) in [6.07, 6.45) is 13.4. The summed E-state index contributed by atoms with van der Waals surface area (Å²) in [4.78, 5) is 13.1. The maximum absolute atomic E-state index is 8.81. The Hall–Kier alpha value is -1.18. The molecule has 0 atom stereocenters. The lowest BCUT2D eigenvalue weighted by Crippen LogP contribution is -1.87.